The van der Waals surface area contributed by atoms with Gasteiger partial charge in [0, 0.05) is 14.0 Å². The Morgan fingerprint density at radius 3 is 2.07 bits per heavy atom. The van der Waals surface area contributed by atoms with E-state index >= 15 is 0 Å². The Morgan fingerprint density at radius 1 is 1.13 bits per heavy atom. The molecule has 3 heteroatoms. The highest BCUT2D eigenvalue weighted by molar-refractivity contribution is 5.87. The van der Waals surface area contributed by atoms with E-state index in [2.05, 4.69) is 0 Å². The van der Waals surface area contributed by atoms with E-state index in [1.807, 2.05) is 30.3 Å². The van der Waals surface area contributed by atoms with Crippen LogP contribution in [-0.2, 0) is 9.59 Å². The first kappa shape index (κ1) is 11.4. The summed E-state index contributed by atoms with van der Waals surface area (Å²) in [5.41, 5.74) is 0.850. The van der Waals surface area contributed by atoms with Crippen molar-refractivity contribution in [1.82, 2.24) is 4.90 Å². The fraction of sp³-hybridized carbons (Fsp3) is 0.333. The number of hydrogen-bond acceptors (Lipinski definition) is 2. The third kappa shape index (κ3) is 2.65. The van der Waals surface area contributed by atoms with Crippen LogP contribution >= 0.6 is 0 Å². The van der Waals surface area contributed by atoms with E-state index in [9.17, 15) is 9.59 Å². The lowest BCUT2D eigenvalue weighted by Crippen LogP contribution is -2.33. The van der Waals surface area contributed by atoms with Crippen molar-refractivity contribution in [2.45, 2.75) is 19.9 Å². The summed E-state index contributed by atoms with van der Waals surface area (Å²) in [6.45, 7) is 2.95. The zero-order chi connectivity index (χ0) is 11.4. The van der Waals surface area contributed by atoms with Gasteiger partial charge in [0.05, 0.1) is 0 Å². The van der Waals surface area contributed by atoms with Crippen LogP contribution in [0.4, 0.5) is 0 Å². The van der Waals surface area contributed by atoms with Gasteiger partial charge in [-0.25, -0.2) is 0 Å². The first-order chi connectivity index (χ1) is 7.04. The number of carbonyl (C=O) groups is 2. The Morgan fingerprint density at radius 2 is 1.67 bits per heavy atom. The molecule has 1 amide bonds. The highest BCUT2D eigenvalue weighted by Gasteiger charge is 2.22. The van der Waals surface area contributed by atoms with Gasteiger partial charge in [0.25, 0.3) is 0 Å². The van der Waals surface area contributed by atoms with E-state index < -0.39 is 6.04 Å². The summed E-state index contributed by atoms with van der Waals surface area (Å²) in [4.78, 5) is 24.2. The van der Waals surface area contributed by atoms with Crippen LogP contribution in [0.25, 0.3) is 0 Å². The van der Waals surface area contributed by atoms with Gasteiger partial charge >= 0.3 is 0 Å². The molecule has 0 aliphatic rings. The van der Waals surface area contributed by atoms with Crippen LogP contribution in [0, 0.1) is 0 Å². The molecule has 0 aromatic heterocycles. The molecule has 1 aromatic rings. The summed E-state index contributed by atoms with van der Waals surface area (Å²) in [5, 5.41) is 0. The summed E-state index contributed by atoms with van der Waals surface area (Å²) in [7, 11) is 1.64. The zero-order valence-corrected chi connectivity index (χ0v) is 9.23. The van der Waals surface area contributed by atoms with Gasteiger partial charge in [-0.2, -0.15) is 0 Å². The van der Waals surface area contributed by atoms with E-state index in [4.69, 9.17) is 0 Å². The highest BCUT2D eigenvalue weighted by atomic mass is 16.2. The molecule has 1 rings (SSSR count). The summed E-state index contributed by atoms with van der Waals surface area (Å²) in [6.07, 6.45) is 0. The molecule has 0 bridgehead atoms. The van der Waals surface area contributed by atoms with Crippen molar-refractivity contribution < 1.29 is 9.59 Å². The van der Waals surface area contributed by atoms with Crippen molar-refractivity contribution in [3.05, 3.63) is 35.9 Å². The fourth-order valence-electron chi connectivity index (χ4n) is 1.55. The van der Waals surface area contributed by atoms with E-state index in [1.54, 1.807) is 7.05 Å². The van der Waals surface area contributed by atoms with Crippen molar-refractivity contribution in [2.24, 2.45) is 0 Å². The van der Waals surface area contributed by atoms with E-state index in [0.717, 1.165) is 5.56 Å². The van der Waals surface area contributed by atoms with Crippen molar-refractivity contribution in [3.8, 4) is 0 Å². The van der Waals surface area contributed by atoms with Gasteiger partial charge in [-0.1, -0.05) is 30.3 Å². The first-order valence-electron chi connectivity index (χ1n) is 4.83. The molecule has 0 radical (unpaired) electrons. The minimum absolute atomic E-state index is 0.0288. The number of benzene rings is 1. The van der Waals surface area contributed by atoms with E-state index in [1.165, 1.54) is 18.7 Å². The number of Topliss-reactive ketones (excluding diaryl/α,β-unsaturated/α-hetero) is 1. The number of carbonyl (C=O) groups excluding carboxylic acids is 2. The molecule has 0 saturated heterocycles. The van der Waals surface area contributed by atoms with Crippen molar-refractivity contribution in [3.63, 3.8) is 0 Å². The quantitative estimate of drug-likeness (QED) is 0.754. The topological polar surface area (TPSA) is 37.4 Å². The Labute approximate surface area is 89.7 Å². The number of ketones is 1. The van der Waals surface area contributed by atoms with Gasteiger partial charge in [-0.05, 0) is 12.5 Å². The molecule has 3 nitrogen and oxygen atoms in total. The predicted octanol–water partition coefficient (Wildman–Crippen LogP) is 1.79. The van der Waals surface area contributed by atoms with Crippen LogP contribution in [0.2, 0.25) is 0 Å². The fourth-order valence-corrected chi connectivity index (χ4v) is 1.55. The lowest BCUT2D eigenvalue weighted by Gasteiger charge is -2.25. The monoisotopic (exact) mass is 205 g/mol. The predicted molar refractivity (Wildman–Crippen MR) is 58.3 cm³/mol. The average Bonchev–Trinajstić information content (AvgIpc) is 2.18. The Kier molecular flexibility index (Phi) is 3.61. The first-order valence-corrected chi connectivity index (χ1v) is 4.83. The number of rotatable bonds is 3. The molecule has 1 aromatic carbocycles. The molecule has 15 heavy (non-hydrogen) atoms. The minimum Gasteiger partial charge on any atom is -0.332 e. The average molecular weight is 205 g/mol. The Bertz CT molecular complexity index is 359. The van der Waals surface area contributed by atoms with Gasteiger partial charge in [0.2, 0.25) is 5.91 Å². The number of hydrogen-bond donors (Lipinski definition) is 0. The number of amides is 1. The molecule has 0 aliphatic carbocycles. The second-order valence-electron chi connectivity index (χ2n) is 3.55. The molecule has 0 heterocycles. The van der Waals surface area contributed by atoms with Crippen LogP contribution in [0.5, 0.6) is 0 Å². The third-order valence-electron chi connectivity index (χ3n) is 2.38. The molecule has 0 fully saturated rings. The van der Waals surface area contributed by atoms with Crippen molar-refractivity contribution in [1.29, 1.82) is 0 Å². The second kappa shape index (κ2) is 4.73. The molecular weight excluding hydrogens is 190 g/mol. The van der Waals surface area contributed by atoms with Gasteiger partial charge in [0.15, 0.2) is 5.78 Å². The van der Waals surface area contributed by atoms with Crippen LogP contribution in [0.1, 0.15) is 25.5 Å². The van der Waals surface area contributed by atoms with Crippen LogP contribution in [0.15, 0.2) is 30.3 Å². The van der Waals surface area contributed by atoms with E-state index in [-0.39, 0.29) is 11.7 Å². The lowest BCUT2D eigenvalue weighted by atomic mass is 10.0. The van der Waals surface area contributed by atoms with Gasteiger partial charge in [-0.3, -0.25) is 9.59 Å². The Hall–Kier alpha value is -1.64. The SMILES string of the molecule is CC(=O)C(c1ccccc1)N(C)C(C)=O. The second-order valence-corrected chi connectivity index (χ2v) is 3.55. The molecule has 0 spiro atoms. The summed E-state index contributed by atoms with van der Waals surface area (Å²) in [6, 6.07) is 8.84. The van der Waals surface area contributed by atoms with Crippen LogP contribution < -0.4 is 0 Å². The molecule has 0 aliphatic heterocycles. The van der Waals surface area contributed by atoms with Gasteiger partial charge < -0.3 is 4.90 Å². The van der Waals surface area contributed by atoms with Crippen molar-refractivity contribution >= 4 is 11.7 Å². The maximum absolute atomic E-state index is 11.5. The third-order valence-corrected chi connectivity index (χ3v) is 2.38. The van der Waals surface area contributed by atoms with Crippen LogP contribution in [-0.4, -0.2) is 23.6 Å². The smallest absolute Gasteiger partial charge is 0.220 e. The zero-order valence-electron chi connectivity index (χ0n) is 9.23. The van der Waals surface area contributed by atoms with Crippen LogP contribution in [0.3, 0.4) is 0 Å². The minimum atomic E-state index is -0.469. The highest BCUT2D eigenvalue weighted by Crippen LogP contribution is 2.19. The molecule has 1 atom stereocenters. The Balaban J connectivity index is 3.04. The van der Waals surface area contributed by atoms with Gasteiger partial charge in [-0.15, -0.1) is 0 Å². The standard InChI is InChI=1S/C12H15NO2/c1-9(14)12(13(3)10(2)15)11-7-5-4-6-8-11/h4-8,12H,1-3H3. The van der Waals surface area contributed by atoms with E-state index in [0.29, 0.717) is 0 Å². The van der Waals surface area contributed by atoms with Crippen molar-refractivity contribution in [2.75, 3.05) is 7.05 Å². The molecule has 80 valence electrons. The molecule has 0 saturated carbocycles. The maximum atomic E-state index is 11.5. The molecule has 1 unspecified atom stereocenters. The maximum Gasteiger partial charge on any atom is 0.220 e. The number of likely N-dealkylation sites (N-methyl/N-ethyl adjacent to an activating group) is 1. The summed E-state index contributed by atoms with van der Waals surface area (Å²) in [5.74, 6) is -0.141. The van der Waals surface area contributed by atoms with Gasteiger partial charge in [0.1, 0.15) is 6.04 Å². The number of nitrogens with zero attached hydrogens (tertiary/aromatic N) is 1. The summed E-state index contributed by atoms with van der Waals surface area (Å²) >= 11 is 0. The molecule has 0 N–H and O–H groups in total. The largest absolute Gasteiger partial charge is 0.332 e. The lowest BCUT2D eigenvalue weighted by molar-refractivity contribution is -0.135. The normalized spacial score (nSPS) is 11.9. The molecular formula is C12H15NO2. The summed E-state index contributed by atoms with van der Waals surface area (Å²) < 4.78 is 0.